The van der Waals surface area contributed by atoms with E-state index in [1.54, 1.807) is 12.1 Å². The second-order valence-electron chi connectivity index (χ2n) is 2.06. The second kappa shape index (κ2) is 3.01. The summed E-state index contributed by atoms with van der Waals surface area (Å²) in [5.74, 6) is -0.786. The number of carboxylic acid groups (broad SMARTS) is 1. The van der Waals surface area contributed by atoms with E-state index in [4.69, 9.17) is 5.11 Å². The molecule has 0 atom stereocenters. The molecule has 0 fully saturated rings. The van der Waals surface area contributed by atoms with Crippen molar-refractivity contribution in [1.82, 2.24) is 0 Å². The molecule has 1 N–H and O–H groups in total. The van der Waals surface area contributed by atoms with Gasteiger partial charge in [-0.1, -0.05) is 30.3 Å². The van der Waals surface area contributed by atoms with Gasteiger partial charge >= 0.3 is 5.97 Å². The van der Waals surface area contributed by atoms with Gasteiger partial charge in [0, 0.05) is 0 Å². The van der Waals surface area contributed by atoms with Gasteiger partial charge in [0.2, 0.25) is 0 Å². The third-order valence-electron chi connectivity index (χ3n) is 1.20. The van der Waals surface area contributed by atoms with Crippen LogP contribution in [0.2, 0.25) is 0 Å². The van der Waals surface area contributed by atoms with E-state index >= 15 is 0 Å². The van der Waals surface area contributed by atoms with Gasteiger partial charge in [0.25, 0.3) is 0 Å². The first-order chi connectivity index (χ1) is 4.79. The Hall–Kier alpha value is -1.31. The minimum absolute atomic E-state index is 0.112. The largest absolute Gasteiger partial charge is 0.481 e. The monoisotopic (exact) mass is 138 g/mol. The zero-order valence-corrected chi connectivity index (χ0v) is 5.45. The van der Waals surface area contributed by atoms with Gasteiger partial charge in [0.1, 0.15) is 0 Å². The Morgan fingerprint density at radius 1 is 1.30 bits per heavy atom. The molecule has 10 heavy (non-hydrogen) atoms. The summed E-state index contributed by atoms with van der Waals surface area (Å²) in [6, 6.07) is 9.13. The van der Waals surface area contributed by atoms with E-state index < -0.39 is 5.97 Å². The second-order valence-corrected chi connectivity index (χ2v) is 2.06. The van der Waals surface area contributed by atoms with Gasteiger partial charge in [-0.15, -0.1) is 0 Å². The smallest absolute Gasteiger partial charge is 0.307 e. The molecule has 0 heterocycles. The molecule has 0 amide bonds. The van der Waals surface area contributed by atoms with Crippen molar-refractivity contribution in [3.05, 3.63) is 35.9 Å². The van der Waals surface area contributed by atoms with Crippen molar-refractivity contribution in [2.45, 2.75) is 6.42 Å². The van der Waals surface area contributed by atoms with Crippen LogP contribution in [-0.2, 0) is 11.2 Å². The third-order valence-corrected chi connectivity index (χ3v) is 1.20. The SMILES string of the molecule is O=[14C](O)Cc1ccccc1. The molecule has 0 saturated carbocycles. The molecule has 2 nitrogen and oxygen atoms in total. The highest BCUT2D eigenvalue weighted by Gasteiger charge is 1.96. The van der Waals surface area contributed by atoms with E-state index in [0.29, 0.717) is 0 Å². The first-order valence-corrected chi connectivity index (χ1v) is 3.05. The standard InChI is InChI=1S/C8H8O2/c9-8(10)6-7-4-2-1-3-5-7/h1-5H,6H2,(H,9,10)/i8+2. The van der Waals surface area contributed by atoms with Crippen LogP contribution in [0.1, 0.15) is 5.56 Å². The molecule has 0 aliphatic heterocycles. The summed E-state index contributed by atoms with van der Waals surface area (Å²) in [5, 5.41) is 8.37. The van der Waals surface area contributed by atoms with Gasteiger partial charge in [-0.2, -0.15) is 0 Å². The van der Waals surface area contributed by atoms with Crippen molar-refractivity contribution in [2.75, 3.05) is 0 Å². The van der Waals surface area contributed by atoms with Crippen LogP contribution in [0.4, 0.5) is 0 Å². The molecule has 0 saturated heterocycles. The van der Waals surface area contributed by atoms with Crippen LogP contribution in [0.25, 0.3) is 0 Å². The zero-order chi connectivity index (χ0) is 7.40. The average molecular weight is 138 g/mol. The van der Waals surface area contributed by atoms with Crippen LogP contribution in [0.3, 0.4) is 0 Å². The first kappa shape index (κ1) is 6.81. The summed E-state index contributed by atoms with van der Waals surface area (Å²) in [7, 11) is 0. The van der Waals surface area contributed by atoms with Gasteiger partial charge in [0.15, 0.2) is 0 Å². The molecule has 0 aliphatic rings. The lowest BCUT2D eigenvalue weighted by Gasteiger charge is -1.92. The summed E-state index contributed by atoms with van der Waals surface area (Å²) in [4.78, 5) is 10.2. The van der Waals surface area contributed by atoms with E-state index in [9.17, 15) is 4.79 Å². The van der Waals surface area contributed by atoms with Gasteiger partial charge in [-0.05, 0) is 5.56 Å². The van der Waals surface area contributed by atoms with E-state index in [0.717, 1.165) is 5.56 Å². The molecular weight excluding hydrogens is 130 g/mol. The van der Waals surface area contributed by atoms with Gasteiger partial charge < -0.3 is 5.11 Å². The van der Waals surface area contributed by atoms with Crippen LogP contribution >= 0.6 is 0 Å². The molecule has 0 unspecified atom stereocenters. The normalized spacial score (nSPS) is 9.20. The minimum Gasteiger partial charge on any atom is -0.481 e. The third kappa shape index (κ3) is 1.90. The number of benzene rings is 1. The fraction of sp³-hybridized carbons (Fsp3) is 0.125. The Morgan fingerprint density at radius 3 is 2.40 bits per heavy atom. The van der Waals surface area contributed by atoms with Crippen molar-refractivity contribution >= 4 is 5.97 Å². The Morgan fingerprint density at radius 2 is 1.90 bits per heavy atom. The number of hydrogen-bond acceptors (Lipinski definition) is 1. The van der Waals surface area contributed by atoms with E-state index in [1.165, 1.54) is 0 Å². The number of aliphatic carboxylic acids is 1. The quantitative estimate of drug-likeness (QED) is 0.669. The zero-order valence-electron chi connectivity index (χ0n) is 5.45. The maximum atomic E-state index is 10.2. The van der Waals surface area contributed by atoms with Crippen molar-refractivity contribution in [2.24, 2.45) is 0 Å². The van der Waals surface area contributed by atoms with Crippen LogP contribution < -0.4 is 0 Å². The van der Waals surface area contributed by atoms with Crippen LogP contribution in [0, 0.1) is 0 Å². The highest BCUT2D eigenvalue weighted by molar-refractivity contribution is 5.70. The molecule has 1 aromatic rings. The van der Waals surface area contributed by atoms with Crippen molar-refractivity contribution in [1.29, 1.82) is 0 Å². The summed E-state index contributed by atoms with van der Waals surface area (Å²) >= 11 is 0. The predicted molar refractivity (Wildman–Crippen MR) is 37.8 cm³/mol. The molecule has 0 aliphatic carbocycles. The molecular formula is C8H8O2. The minimum atomic E-state index is -0.786. The molecule has 1 rings (SSSR count). The highest BCUT2D eigenvalue weighted by Crippen LogP contribution is 1.98. The average Bonchev–Trinajstić information content (AvgIpc) is 1.88. The summed E-state index contributed by atoms with van der Waals surface area (Å²) in [6.45, 7) is 0. The summed E-state index contributed by atoms with van der Waals surface area (Å²) < 4.78 is 0. The number of hydrogen-bond donors (Lipinski definition) is 1. The van der Waals surface area contributed by atoms with Gasteiger partial charge in [0.05, 0.1) is 6.42 Å². The maximum absolute atomic E-state index is 10.2. The van der Waals surface area contributed by atoms with Gasteiger partial charge in [-0.25, -0.2) is 0 Å². The molecule has 0 bridgehead atoms. The Bertz CT molecular complexity index is 216. The Labute approximate surface area is 59.1 Å². The van der Waals surface area contributed by atoms with E-state index in [1.807, 2.05) is 18.2 Å². The molecule has 2 heteroatoms. The number of carbonyl (C=O) groups is 1. The summed E-state index contributed by atoms with van der Waals surface area (Å²) in [6.07, 6.45) is 0.112. The van der Waals surface area contributed by atoms with Crippen LogP contribution in [-0.4, -0.2) is 11.1 Å². The molecule has 0 radical (unpaired) electrons. The van der Waals surface area contributed by atoms with Crippen LogP contribution in [0.5, 0.6) is 0 Å². The molecule has 0 aromatic heterocycles. The fourth-order valence-electron chi connectivity index (χ4n) is 0.770. The molecule has 1 aromatic carbocycles. The Kier molecular flexibility index (Phi) is 2.05. The van der Waals surface area contributed by atoms with E-state index in [2.05, 4.69) is 0 Å². The van der Waals surface area contributed by atoms with Crippen molar-refractivity contribution < 1.29 is 9.90 Å². The van der Waals surface area contributed by atoms with Crippen molar-refractivity contribution in [3.63, 3.8) is 0 Å². The predicted octanol–water partition coefficient (Wildman–Crippen LogP) is 1.31. The summed E-state index contributed by atoms with van der Waals surface area (Å²) in [5.41, 5.74) is 0.843. The lowest BCUT2D eigenvalue weighted by atomic mass is 10.2. The van der Waals surface area contributed by atoms with Crippen LogP contribution in [0.15, 0.2) is 30.3 Å². The lowest BCUT2D eigenvalue weighted by Crippen LogP contribution is -1.98. The van der Waals surface area contributed by atoms with Crippen molar-refractivity contribution in [3.8, 4) is 0 Å². The fourth-order valence-corrected chi connectivity index (χ4v) is 0.770. The number of rotatable bonds is 2. The molecule has 52 valence electrons. The topological polar surface area (TPSA) is 37.3 Å². The van der Waals surface area contributed by atoms with Gasteiger partial charge in [-0.3, -0.25) is 4.79 Å². The Balaban J connectivity index is 2.67. The lowest BCUT2D eigenvalue weighted by molar-refractivity contribution is -0.136. The number of carboxylic acids is 1. The first-order valence-electron chi connectivity index (χ1n) is 3.05. The maximum Gasteiger partial charge on any atom is 0.307 e. The highest BCUT2D eigenvalue weighted by atomic mass is 16.6. The molecule has 0 spiro atoms. The van der Waals surface area contributed by atoms with E-state index in [-0.39, 0.29) is 6.42 Å².